The third-order valence-corrected chi connectivity index (χ3v) is 8.81. The molecule has 0 fully saturated rings. The summed E-state index contributed by atoms with van der Waals surface area (Å²) in [5, 5.41) is 16.4. The number of hydrogen-bond donors (Lipinski definition) is 0. The van der Waals surface area contributed by atoms with Crippen molar-refractivity contribution in [2.75, 3.05) is 16.4 Å². The molecule has 1 heterocycles. The lowest BCUT2D eigenvalue weighted by atomic mass is 10.2. The summed E-state index contributed by atoms with van der Waals surface area (Å²) in [6.45, 7) is 0. The van der Waals surface area contributed by atoms with Crippen LogP contribution in [0.1, 0.15) is 15.9 Å². The average molecular weight is 590 g/mol. The van der Waals surface area contributed by atoms with Gasteiger partial charge < -0.3 is 0 Å². The minimum absolute atomic E-state index is 0.0169. The van der Waals surface area contributed by atoms with Gasteiger partial charge in [-0.15, -0.1) is 0 Å². The Kier molecular flexibility index (Phi) is 7.55. The third-order valence-electron chi connectivity index (χ3n) is 6.02. The van der Waals surface area contributed by atoms with Crippen molar-refractivity contribution in [2.24, 2.45) is 5.10 Å². The summed E-state index contributed by atoms with van der Waals surface area (Å²) < 4.78 is 41.7. The lowest BCUT2D eigenvalue weighted by Crippen LogP contribution is -2.27. The minimum atomic E-state index is -3.90. The van der Waals surface area contributed by atoms with E-state index >= 15 is 0 Å². The molecule has 0 aliphatic rings. The maximum absolute atomic E-state index is 13.8. The van der Waals surface area contributed by atoms with Crippen LogP contribution < -0.4 is 9.31 Å². The number of para-hydroxylation sites is 1. The number of sulfonamides is 1. The molecule has 0 radical (unpaired) electrons. The molecule has 1 aromatic heterocycles. The monoisotopic (exact) mass is 589 g/mol. The molecule has 0 N–H and O–H groups in total. The first-order valence-corrected chi connectivity index (χ1v) is 14.2. The first-order chi connectivity index (χ1) is 19.6. The van der Waals surface area contributed by atoms with Crippen molar-refractivity contribution in [3.05, 3.63) is 124 Å². The molecular weight excluding hydrogens is 569 g/mol. The molecule has 13 heteroatoms. The molecule has 0 saturated carbocycles. The van der Waals surface area contributed by atoms with E-state index in [1.54, 1.807) is 30.3 Å². The Morgan fingerprint density at radius 2 is 1.68 bits per heavy atom. The van der Waals surface area contributed by atoms with E-state index in [4.69, 9.17) is 0 Å². The number of nitro groups is 1. The summed E-state index contributed by atoms with van der Waals surface area (Å²) in [7, 11) is -2.46. The summed E-state index contributed by atoms with van der Waals surface area (Å²) in [6, 6.07) is 23.6. The molecule has 0 atom stereocenters. The normalized spacial score (nSPS) is 11.6. The van der Waals surface area contributed by atoms with Gasteiger partial charge >= 0.3 is 0 Å². The van der Waals surface area contributed by atoms with Crippen LogP contribution in [0, 0.1) is 15.9 Å². The SMILES string of the molecule is CN(c1ccccc1)S(=O)(=O)c1ccc(C(=O)N(/N=C/c2ccc([N+](=O)[O-])cc2)c2nc3ccc(F)cc3s2)cc1. The van der Waals surface area contributed by atoms with Crippen molar-refractivity contribution in [3.63, 3.8) is 0 Å². The molecule has 1 amide bonds. The molecule has 10 nitrogen and oxygen atoms in total. The zero-order valence-corrected chi connectivity index (χ0v) is 22.9. The van der Waals surface area contributed by atoms with E-state index in [-0.39, 0.29) is 21.3 Å². The number of benzene rings is 4. The molecule has 4 aromatic carbocycles. The molecule has 0 spiro atoms. The lowest BCUT2D eigenvalue weighted by molar-refractivity contribution is -0.384. The van der Waals surface area contributed by atoms with Gasteiger partial charge in [-0.25, -0.2) is 17.8 Å². The van der Waals surface area contributed by atoms with Gasteiger partial charge in [-0.05, 0) is 72.3 Å². The first kappa shape index (κ1) is 27.6. The van der Waals surface area contributed by atoms with Crippen molar-refractivity contribution in [3.8, 4) is 0 Å². The van der Waals surface area contributed by atoms with Crippen LogP contribution in [0.5, 0.6) is 0 Å². The molecule has 0 unspecified atom stereocenters. The van der Waals surface area contributed by atoms with Gasteiger partial charge in [0, 0.05) is 24.7 Å². The second-order valence-electron chi connectivity index (χ2n) is 8.65. The van der Waals surface area contributed by atoms with Crippen molar-refractivity contribution in [2.45, 2.75) is 4.90 Å². The second-order valence-corrected chi connectivity index (χ2v) is 11.6. The van der Waals surface area contributed by atoms with Crippen LogP contribution in [0.2, 0.25) is 0 Å². The maximum Gasteiger partial charge on any atom is 0.280 e. The highest BCUT2D eigenvalue weighted by Gasteiger charge is 2.24. The van der Waals surface area contributed by atoms with Gasteiger partial charge in [0.25, 0.3) is 21.6 Å². The number of halogens is 1. The molecule has 5 aromatic rings. The molecule has 206 valence electrons. The van der Waals surface area contributed by atoms with E-state index in [1.807, 2.05) is 0 Å². The standard InChI is InChI=1S/C28H20FN5O5S2/c1-32(22-5-3-2-4-6-22)41(38,39)24-14-9-20(10-15-24)27(35)33(28-31-25-16-11-21(29)17-26(25)40-28)30-18-19-7-12-23(13-8-19)34(36)37/h2-18H,1H3/b30-18+. The molecule has 0 saturated heterocycles. The summed E-state index contributed by atoms with van der Waals surface area (Å²) in [5.74, 6) is -1.08. The van der Waals surface area contributed by atoms with E-state index in [0.717, 1.165) is 20.7 Å². The van der Waals surface area contributed by atoms with Gasteiger partial charge in [-0.3, -0.25) is 19.2 Å². The van der Waals surface area contributed by atoms with Gasteiger partial charge in [0.2, 0.25) is 5.13 Å². The van der Waals surface area contributed by atoms with E-state index in [9.17, 15) is 27.7 Å². The number of carbonyl (C=O) groups excluding carboxylic acids is 1. The predicted octanol–water partition coefficient (Wildman–Crippen LogP) is 5.85. The topological polar surface area (TPSA) is 126 Å². The fourth-order valence-corrected chi connectivity index (χ4v) is 5.94. The smallest absolute Gasteiger partial charge is 0.269 e. The van der Waals surface area contributed by atoms with Gasteiger partial charge in [-0.2, -0.15) is 10.1 Å². The minimum Gasteiger partial charge on any atom is -0.269 e. The maximum atomic E-state index is 13.8. The lowest BCUT2D eigenvalue weighted by Gasteiger charge is -2.19. The largest absolute Gasteiger partial charge is 0.280 e. The Morgan fingerprint density at radius 3 is 2.34 bits per heavy atom. The van der Waals surface area contributed by atoms with Crippen LogP contribution in [0.4, 0.5) is 20.9 Å². The van der Waals surface area contributed by atoms with Crippen LogP contribution >= 0.6 is 11.3 Å². The summed E-state index contributed by atoms with van der Waals surface area (Å²) in [5.41, 5.74) is 1.44. The highest BCUT2D eigenvalue weighted by molar-refractivity contribution is 7.92. The summed E-state index contributed by atoms with van der Waals surface area (Å²) in [6.07, 6.45) is 1.34. The van der Waals surface area contributed by atoms with Crippen LogP contribution in [0.15, 0.2) is 107 Å². The molecule has 41 heavy (non-hydrogen) atoms. The number of fused-ring (bicyclic) bond motifs is 1. The molecule has 0 aliphatic carbocycles. The number of rotatable bonds is 8. The summed E-state index contributed by atoms with van der Waals surface area (Å²) in [4.78, 5) is 28.5. The molecule has 0 aliphatic heterocycles. The van der Waals surface area contributed by atoms with Crippen molar-refractivity contribution >= 4 is 60.2 Å². The van der Waals surface area contributed by atoms with Gasteiger partial charge in [0.15, 0.2) is 0 Å². The number of nitro benzene ring substituents is 1. The number of aromatic nitrogens is 1. The van der Waals surface area contributed by atoms with Crippen molar-refractivity contribution < 1.29 is 22.5 Å². The Balaban J connectivity index is 1.48. The number of carbonyl (C=O) groups is 1. The van der Waals surface area contributed by atoms with Crippen LogP contribution in [0.3, 0.4) is 0 Å². The number of thiazole rings is 1. The quantitative estimate of drug-likeness (QED) is 0.127. The zero-order valence-electron chi connectivity index (χ0n) is 21.3. The summed E-state index contributed by atoms with van der Waals surface area (Å²) >= 11 is 1.04. The Labute approximate surface area is 237 Å². The number of hydrazone groups is 1. The highest BCUT2D eigenvalue weighted by atomic mass is 32.2. The van der Waals surface area contributed by atoms with Crippen LogP contribution in [0.25, 0.3) is 10.2 Å². The fraction of sp³-hybridized carbons (Fsp3) is 0.0357. The Morgan fingerprint density at radius 1 is 1.00 bits per heavy atom. The van der Waals surface area contributed by atoms with E-state index in [2.05, 4.69) is 10.1 Å². The van der Waals surface area contributed by atoms with Crippen LogP contribution in [-0.4, -0.2) is 37.5 Å². The number of amides is 1. The third kappa shape index (κ3) is 5.81. The van der Waals surface area contributed by atoms with Crippen LogP contribution in [-0.2, 0) is 10.0 Å². The van der Waals surface area contributed by atoms with Crippen molar-refractivity contribution in [1.82, 2.24) is 4.98 Å². The Bertz CT molecular complexity index is 1880. The molecule has 0 bridgehead atoms. The van der Waals surface area contributed by atoms with Gasteiger partial charge in [0.1, 0.15) is 5.82 Å². The van der Waals surface area contributed by atoms with Crippen molar-refractivity contribution in [1.29, 1.82) is 0 Å². The number of anilines is 2. The highest BCUT2D eigenvalue weighted by Crippen LogP contribution is 2.31. The number of hydrogen-bond acceptors (Lipinski definition) is 8. The average Bonchev–Trinajstić information content (AvgIpc) is 3.40. The van der Waals surface area contributed by atoms with E-state index in [1.165, 1.54) is 80.0 Å². The van der Waals surface area contributed by atoms with Gasteiger partial charge in [-0.1, -0.05) is 29.5 Å². The Hall–Kier alpha value is -5.01. The second kappa shape index (κ2) is 11.2. The molecular formula is C28H20FN5O5S2. The van der Waals surface area contributed by atoms with E-state index < -0.39 is 26.7 Å². The molecule has 5 rings (SSSR count). The van der Waals surface area contributed by atoms with Gasteiger partial charge in [0.05, 0.1) is 31.9 Å². The first-order valence-electron chi connectivity index (χ1n) is 12.0. The zero-order chi connectivity index (χ0) is 29.1. The fourth-order valence-electron chi connectivity index (χ4n) is 3.80. The predicted molar refractivity (Wildman–Crippen MR) is 156 cm³/mol. The number of nitrogens with zero attached hydrogens (tertiary/aromatic N) is 5. The van der Waals surface area contributed by atoms with E-state index in [0.29, 0.717) is 21.5 Å². The number of non-ortho nitro benzene ring substituents is 1.